The van der Waals surface area contributed by atoms with Crippen molar-refractivity contribution in [2.45, 2.75) is 38.6 Å². The van der Waals surface area contributed by atoms with Crippen molar-refractivity contribution in [3.8, 4) is 0 Å². The lowest BCUT2D eigenvalue weighted by molar-refractivity contribution is 0.373. The van der Waals surface area contributed by atoms with Gasteiger partial charge in [0, 0.05) is 25.9 Å². The standard InChI is InChI=1S/C12H23N5O2S/c1-4-11-15-7-12(16-11)20(18,19)17(8-9(2)3)6-5-10(13)14/h7,9H,4-6,8H2,1-3H3,(H3,13,14)(H,15,16). The van der Waals surface area contributed by atoms with Crippen LogP contribution in [-0.2, 0) is 16.4 Å². The summed E-state index contributed by atoms with van der Waals surface area (Å²) in [4.78, 5) is 6.85. The highest BCUT2D eigenvalue weighted by Crippen LogP contribution is 2.16. The number of hydrogen-bond acceptors (Lipinski definition) is 4. The van der Waals surface area contributed by atoms with Crippen molar-refractivity contribution in [1.82, 2.24) is 14.3 Å². The van der Waals surface area contributed by atoms with E-state index in [2.05, 4.69) is 9.97 Å². The fourth-order valence-corrected chi connectivity index (χ4v) is 3.29. The van der Waals surface area contributed by atoms with Gasteiger partial charge in [0.15, 0.2) is 5.03 Å². The average molecular weight is 301 g/mol. The summed E-state index contributed by atoms with van der Waals surface area (Å²) < 4.78 is 26.5. The maximum absolute atomic E-state index is 12.6. The molecule has 0 fully saturated rings. The summed E-state index contributed by atoms with van der Waals surface area (Å²) in [5.41, 5.74) is 5.32. The molecule has 0 unspecified atom stereocenters. The van der Waals surface area contributed by atoms with Crippen molar-refractivity contribution in [1.29, 1.82) is 5.41 Å². The second-order valence-corrected chi connectivity index (χ2v) is 6.99. The van der Waals surface area contributed by atoms with E-state index in [0.717, 1.165) is 0 Å². The zero-order valence-electron chi connectivity index (χ0n) is 12.2. The molecule has 0 saturated carbocycles. The van der Waals surface area contributed by atoms with Crippen molar-refractivity contribution >= 4 is 15.9 Å². The smallest absolute Gasteiger partial charge is 0.260 e. The van der Waals surface area contributed by atoms with E-state index in [9.17, 15) is 8.42 Å². The third kappa shape index (κ3) is 4.31. The minimum atomic E-state index is -3.62. The minimum Gasteiger partial charge on any atom is -0.388 e. The number of nitrogens with zero attached hydrogens (tertiary/aromatic N) is 2. The van der Waals surface area contributed by atoms with E-state index in [1.165, 1.54) is 10.5 Å². The van der Waals surface area contributed by atoms with Crippen LogP contribution in [0.3, 0.4) is 0 Å². The Bertz CT molecular complexity index is 550. The first kappa shape index (κ1) is 16.6. The molecule has 0 spiro atoms. The highest BCUT2D eigenvalue weighted by molar-refractivity contribution is 7.89. The third-order valence-corrected chi connectivity index (χ3v) is 4.53. The quantitative estimate of drug-likeness (QED) is 0.489. The molecule has 4 N–H and O–H groups in total. The van der Waals surface area contributed by atoms with E-state index in [1.807, 2.05) is 20.8 Å². The second-order valence-electron chi connectivity index (χ2n) is 5.08. The molecule has 7 nitrogen and oxygen atoms in total. The molecule has 0 atom stereocenters. The normalized spacial score (nSPS) is 12.2. The van der Waals surface area contributed by atoms with Crippen molar-refractivity contribution in [2.24, 2.45) is 11.7 Å². The molecule has 0 bridgehead atoms. The molecule has 8 heteroatoms. The number of hydrogen-bond donors (Lipinski definition) is 3. The van der Waals surface area contributed by atoms with Crippen LogP contribution in [0.15, 0.2) is 11.2 Å². The lowest BCUT2D eigenvalue weighted by Gasteiger charge is -2.22. The van der Waals surface area contributed by atoms with E-state index in [1.54, 1.807) is 0 Å². The summed E-state index contributed by atoms with van der Waals surface area (Å²) in [6, 6.07) is 0. The Morgan fingerprint density at radius 2 is 2.20 bits per heavy atom. The number of nitrogens with one attached hydrogen (secondary N) is 2. The van der Waals surface area contributed by atoms with Crippen LogP contribution in [0.25, 0.3) is 0 Å². The number of aromatic amines is 1. The van der Waals surface area contributed by atoms with Gasteiger partial charge >= 0.3 is 0 Å². The Labute approximate surface area is 120 Å². The minimum absolute atomic E-state index is 0.0205. The molecule has 0 amide bonds. The molecule has 1 aromatic heterocycles. The van der Waals surface area contributed by atoms with Crippen LogP contribution in [-0.4, -0.2) is 41.6 Å². The predicted molar refractivity (Wildman–Crippen MR) is 78.1 cm³/mol. The maximum atomic E-state index is 12.6. The molecule has 0 saturated heterocycles. The van der Waals surface area contributed by atoms with Crippen molar-refractivity contribution in [3.05, 3.63) is 12.0 Å². The molecule has 1 heterocycles. The van der Waals surface area contributed by atoms with Crippen LogP contribution >= 0.6 is 0 Å². The third-order valence-electron chi connectivity index (χ3n) is 2.76. The van der Waals surface area contributed by atoms with Crippen LogP contribution < -0.4 is 5.73 Å². The highest BCUT2D eigenvalue weighted by Gasteiger charge is 2.26. The summed E-state index contributed by atoms with van der Waals surface area (Å²) in [6.45, 7) is 6.38. The fourth-order valence-electron chi connectivity index (χ4n) is 1.76. The zero-order valence-corrected chi connectivity index (χ0v) is 13.0. The van der Waals surface area contributed by atoms with Gasteiger partial charge in [0.1, 0.15) is 5.82 Å². The van der Waals surface area contributed by atoms with Gasteiger partial charge in [-0.25, -0.2) is 13.4 Å². The molecule has 0 aliphatic carbocycles. The lowest BCUT2D eigenvalue weighted by Crippen LogP contribution is -2.36. The van der Waals surface area contributed by atoms with Crippen molar-refractivity contribution in [3.63, 3.8) is 0 Å². The molecule has 114 valence electrons. The van der Waals surface area contributed by atoms with E-state index in [4.69, 9.17) is 11.1 Å². The van der Waals surface area contributed by atoms with Gasteiger partial charge in [-0.2, -0.15) is 4.31 Å². The highest BCUT2D eigenvalue weighted by atomic mass is 32.2. The van der Waals surface area contributed by atoms with Gasteiger partial charge in [-0.05, 0) is 5.92 Å². The monoisotopic (exact) mass is 301 g/mol. The number of aryl methyl sites for hydroxylation is 1. The number of H-pyrrole nitrogens is 1. The molecular formula is C12H23N5O2S. The van der Waals surface area contributed by atoms with E-state index < -0.39 is 10.0 Å². The number of sulfonamides is 1. The van der Waals surface area contributed by atoms with Gasteiger partial charge in [0.2, 0.25) is 0 Å². The Kier molecular flexibility index (Phi) is 5.70. The van der Waals surface area contributed by atoms with Gasteiger partial charge in [-0.1, -0.05) is 20.8 Å². The summed E-state index contributed by atoms with van der Waals surface area (Å²) in [5, 5.41) is 7.35. The number of amidine groups is 1. The van der Waals surface area contributed by atoms with E-state index in [0.29, 0.717) is 18.8 Å². The topological polar surface area (TPSA) is 116 Å². The van der Waals surface area contributed by atoms with Crippen LogP contribution in [0, 0.1) is 11.3 Å². The van der Waals surface area contributed by atoms with Gasteiger partial charge in [-0.3, -0.25) is 5.41 Å². The first-order valence-electron chi connectivity index (χ1n) is 6.64. The molecule has 1 rings (SSSR count). The molecule has 0 radical (unpaired) electrons. The van der Waals surface area contributed by atoms with Crippen molar-refractivity contribution < 1.29 is 8.42 Å². The van der Waals surface area contributed by atoms with E-state index >= 15 is 0 Å². The summed E-state index contributed by atoms with van der Waals surface area (Å²) in [5.74, 6) is 0.803. The summed E-state index contributed by atoms with van der Waals surface area (Å²) in [7, 11) is -3.62. The van der Waals surface area contributed by atoms with Crippen LogP contribution in [0.2, 0.25) is 0 Å². The number of imidazole rings is 1. The van der Waals surface area contributed by atoms with Crippen molar-refractivity contribution in [2.75, 3.05) is 13.1 Å². The van der Waals surface area contributed by atoms with Crippen LogP contribution in [0.5, 0.6) is 0 Å². The van der Waals surface area contributed by atoms with Gasteiger partial charge in [0.05, 0.1) is 12.0 Å². The fraction of sp³-hybridized carbons (Fsp3) is 0.667. The molecule has 0 aliphatic heterocycles. The maximum Gasteiger partial charge on any atom is 0.260 e. The molecule has 0 aromatic carbocycles. The Morgan fingerprint density at radius 1 is 1.55 bits per heavy atom. The van der Waals surface area contributed by atoms with Crippen LogP contribution in [0.1, 0.15) is 33.0 Å². The lowest BCUT2D eigenvalue weighted by atomic mass is 10.2. The molecular weight excluding hydrogens is 278 g/mol. The SMILES string of the molecule is CCc1ncc(S(=O)(=O)N(CCC(=N)N)CC(C)C)[nH]1. The second kappa shape index (κ2) is 6.85. The molecule has 20 heavy (non-hydrogen) atoms. The largest absolute Gasteiger partial charge is 0.388 e. The predicted octanol–water partition coefficient (Wildman–Crippen LogP) is 0.945. The number of aromatic nitrogens is 2. The van der Waals surface area contributed by atoms with Gasteiger partial charge < -0.3 is 10.7 Å². The van der Waals surface area contributed by atoms with Gasteiger partial charge in [0.25, 0.3) is 10.0 Å². The average Bonchev–Trinajstić information content (AvgIpc) is 2.83. The van der Waals surface area contributed by atoms with Gasteiger partial charge in [-0.15, -0.1) is 0 Å². The zero-order chi connectivity index (χ0) is 15.3. The summed E-state index contributed by atoms with van der Waals surface area (Å²) in [6.07, 6.45) is 2.21. The Morgan fingerprint density at radius 3 is 2.65 bits per heavy atom. The Balaban J connectivity index is 2.99. The Hall–Kier alpha value is -1.41. The summed E-state index contributed by atoms with van der Waals surface area (Å²) >= 11 is 0. The molecule has 1 aromatic rings. The van der Waals surface area contributed by atoms with Crippen LogP contribution in [0.4, 0.5) is 0 Å². The number of nitrogens with two attached hydrogens (primary N) is 1. The first-order valence-corrected chi connectivity index (χ1v) is 8.08. The molecule has 0 aliphatic rings. The first-order chi connectivity index (χ1) is 9.27. The van der Waals surface area contributed by atoms with E-state index in [-0.39, 0.29) is 29.7 Å². The number of rotatable bonds is 8.